The zero-order valence-corrected chi connectivity index (χ0v) is 9.44. The maximum atomic E-state index is 12.1. The molecule has 0 saturated heterocycles. The van der Waals surface area contributed by atoms with Gasteiger partial charge in [-0.3, -0.25) is 0 Å². The average molecular weight is 248 g/mol. The van der Waals surface area contributed by atoms with Crippen LogP contribution in [-0.2, 0) is 0 Å². The first kappa shape index (κ1) is 13.4. The summed E-state index contributed by atoms with van der Waals surface area (Å²) in [7, 11) is 3.05. The molecule has 3 N–H and O–H groups in total. The first-order valence-corrected chi connectivity index (χ1v) is 4.87. The van der Waals surface area contributed by atoms with E-state index in [1.54, 1.807) is 7.05 Å². The van der Waals surface area contributed by atoms with Crippen LogP contribution < -0.4 is 15.4 Å². The lowest BCUT2D eigenvalue weighted by molar-refractivity contribution is 0.00378. The Kier molecular flexibility index (Phi) is 4.83. The molecule has 0 aromatic carbocycles. The molecule has 1 aromatic heterocycles. The fraction of sp³-hybridized carbons (Fsp3) is 0.556. The van der Waals surface area contributed by atoms with Crippen LogP contribution in [0.1, 0.15) is 0 Å². The summed E-state index contributed by atoms with van der Waals surface area (Å²) in [4.78, 5) is 7.74. The molecule has 0 radical (unpaired) electrons. The van der Waals surface area contributed by atoms with Gasteiger partial charge in [0.15, 0.2) is 11.6 Å². The maximum Gasteiger partial charge on any atom is 0.265 e. The Hall–Kier alpha value is -1.70. The van der Waals surface area contributed by atoms with Gasteiger partial charge in [-0.2, -0.15) is 0 Å². The molecule has 1 atom stereocenters. The lowest BCUT2D eigenvalue weighted by Gasteiger charge is -2.14. The number of nitrogens with zero attached hydrogens (tertiary/aromatic N) is 2. The van der Waals surface area contributed by atoms with Gasteiger partial charge in [-0.15, -0.1) is 0 Å². The van der Waals surface area contributed by atoms with Crippen LogP contribution in [0.4, 0.5) is 20.4 Å². The van der Waals surface area contributed by atoms with Crippen molar-refractivity contribution in [2.75, 3.05) is 31.3 Å². The Bertz CT molecular complexity index is 365. The van der Waals surface area contributed by atoms with E-state index in [9.17, 15) is 8.78 Å². The lowest BCUT2D eigenvalue weighted by atomic mass is 10.3. The Balaban J connectivity index is 2.77. The van der Waals surface area contributed by atoms with Gasteiger partial charge in [0.25, 0.3) is 6.43 Å². The van der Waals surface area contributed by atoms with Crippen LogP contribution in [0.25, 0.3) is 0 Å². The molecule has 0 bridgehead atoms. The van der Waals surface area contributed by atoms with Crippen molar-refractivity contribution < 1.29 is 18.6 Å². The topological polar surface area (TPSA) is 79.3 Å². The minimum absolute atomic E-state index is 0.242. The van der Waals surface area contributed by atoms with Crippen molar-refractivity contribution in [1.82, 2.24) is 9.97 Å². The smallest absolute Gasteiger partial charge is 0.265 e. The van der Waals surface area contributed by atoms with Crippen molar-refractivity contribution in [3.05, 3.63) is 6.33 Å². The number of rotatable bonds is 6. The predicted octanol–water partition coefficient (Wildman–Crippen LogP) is 0.565. The second kappa shape index (κ2) is 6.14. The van der Waals surface area contributed by atoms with Crippen molar-refractivity contribution in [1.29, 1.82) is 0 Å². The van der Waals surface area contributed by atoms with Crippen LogP contribution in [0, 0.1) is 0 Å². The number of methoxy groups -OCH3 is 1. The van der Waals surface area contributed by atoms with Crippen LogP contribution in [0.3, 0.4) is 0 Å². The van der Waals surface area contributed by atoms with E-state index in [0.29, 0.717) is 11.6 Å². The first-order chi connectivity index (χ1) is 8.10. The molecular formula is C9H14F2N4O2. The molecule has 0 spiro atoms. The van der Waals surface area contributed by atoms with Gasteiger partial charge in [0.1, 0.15) is 12.4 Å². The number of hydrogen-bond acceptors (Lipinski definition) is 6. The van der Waals surface area contributed by atoms with Gasteiger partial charge in [0.2, 0.25) is 5.75 Å². The van der Waals surface area contributed by atoms with Gasteiger partial charge in [-0.1, -0.05) is 0 Å². The summed E-state index contributed by atoms with van der Waals surface area (Å²) < 4.78 is 29.2. The van der Waals surface area contributed by atoms with E-state index in [-0.39, 0.29) is 12.4 Å². The van der Waals surface area contributed by atoms with E-state index in [1.165, 1.54) is 13.4 Å². The fourth-order valence-corrected chi connectivity index (χ4v) is 1.16. The summed E-state index contributed by atoms with van der Waals surface area (Å²) >= 11 is 0. The quantitative estimate of drug-likeness (QED) is 0.683. The van der Waals surface area contributed by atoms with Gasteiger partial charge in [0, 0.05) is 13.6 Å². The zero-order chi connectivity index (χ0) is 12.8. The number of nitrogens with one attached hydrogen (secondary N) is 2. The first-order valence-electron chi connectivity index (χ1n) is 4.87. The second-order valence-corrected chi connectivity index (χ2v) is 3.14. The highest BCUT2D eigenvalue weighted by Gasteiger charge is 2.18. The SMILES string of the molecule is CNc1ncnc(NCC(O)C(F)F)c1OC. The monoisotopic (exact) mass is 248 g/mol. The third-order valence-corrected chi connectivity index (χ3v) is 2.01. The minimum Gasteiger partial charge on any atom is -0.490 e. The summed E-state index contributed by atoms with van der Waals surface area (Å²) in [5, 5.41) is 14.3. The van der Waals surface area contributed by atoms with E-state index in [1.807, 2.05) is 0 Å². The summed E-state index contributed by atoms with van der Waals surface area (Å²) in [5.41, 5.74) is 0. The van der Waals surface area contributed by atoms with Crippen LogP contribution >= 0.6 is 0 Å². The Morgan fingerprint density at radius 3 is 2.59 bits per heavy atom. The van der Waals surface area contributed by atoms with Crippen LogP contribution in [0.2, 0.25) is 0 Å². The Morgan fingerprint density at radius 2 is 2.06 bits per heavy atom. The van der Waals surface area contributed by atoms with Crippen molar-refractivity contribution in [2.24, 2.45) is 0 Å². The molecule has 0 aliphatic heterocycles. The van der Waals surface area contributed by atoms with Crippen molar-refractivity contribution in [3.63, 3.8) is 0 Å². The highest BCUT2D eigenvalue weighted by Crippen LogP contribution is 2.28. The van der Waals surface area contributed by atoms with Crippen molar-refractivity contribution in [2.45, 2.75) is 12.5 Å². The van der Waals surface area contributed by atoms with E-state index in [0.717, 1.165) is 0 Å². The number of aliphatic hydroxyl groups excluding tert-OH is 1. The van der Waals surface area contributed by atoms with Crippen molar-refractivity contribution in [3.8, 4) is 5.75 Å². The van der Waals surface area contributed by atoms with Crippen molar-refractivity contribution >= 4 is 11.6 Å². The highest BCUT2D eigenvalue weighted by atomic mass is 19.3. The molecule has 0 fully saturated rings. The highest BCUT2D eigenvalue weighted by molar-refractivity contribution is 5.63. The number of alkyl halides is 2. The maximum absolute atomic E-state index is 12.1. The van der Waals surface area contributed by atoms with Crippen LogP contribution in [0.15, 0.2) is 6.33 Å². The van der Waals surface area contributed by atoms with Gasteiger partial charge >= 0.3 is 0 Å². The summed E-state index contributed by atoms with van der Waals surface area (Å²) in [6.07, 6.45) is -3.31. The number of halogens is 2. The summed E-state index contributed by atoms with van der Waals surface area (Å²) in [6, 6.07) is 0. The molecule has 1 aromatic rings. The Labute approximate surface area is 97.0 Å². The van der Waals surface area contributed by atoms with Gasteiger partial charge in [-0.25, -0.2) is 18.7 Å². The molecule has 96 valence electrons. The average Bonchev–Trinajstić information content (AvgIpc) is 2.34. The number of aromatic nitrogens is 2. The van der Waals surface area contributed by atoms with E-state index in [4.69, 9.17) is 9.84 Å². The zero-order valence-electron chi connectivity index (χ0n) is 9.44. The molecule has 0 aliphatic rings. The predicted molar refractivity (Wildman–Crippen MR) is 58.6 cm³/mol. The molecule has 0 saturated carbocycles. The second-order valence-electron chi connectivity index (χ2n) is 3.14. The molecule has 1 heterocycles. The molecule has 8 heteroatoms. The number of aliphatic hydroxyl groups is 1. The molecule has 17 heavy (non-hydrogen) atoms. The summed E-state index contributed by atoms with van der Waals surface area (Å²) in [5.74, 6) is 0.972. The molecule has 0 aliphatic carbocycles. The molecule has 6 nitrogen and oxygen atoms in total. The van der Waals surface area contributed by atoms with Gasteiger partial charge < -0.3 is 20.5 Å². The third-order valence-electron chi connectivity index (χ3n) is 2.01. The molecule has 1 rings (SSSR count). The van der Waals surface area contributed by atoms with Crippen LogP contribution in [-0.4, -0.2) is 48.3 Å². The molecule has 0 amide bonds. The summed E-state index contributed by atoms with van der Waals surface area (Å²) in [6.45, 7) is -0.325. The van der Waals surface area contributed by atoms with E-state index >= 15 is 0 Å². The minimum atomic E-state index is -2.81. The van der Waals surface area contributed by atoms with Gasteiger partial charge in [0.05, 0.1) is 7.11 Å². The lowest BCUT2D eigenvalue weighted by Crippen LogP contribution is -2.27. The number of hydrogen-bond donors (Lipinski definition) is 3. The van der Waals surface area contributed by atoms with Gasteiger partial charge in [-0.05, 0) is 0 Å². The largest absolute Gasteiger partial charge is 0.490 e. The fourth-order valence-electron chi connectivity index (χ4n) is 1.16. The standard InChI is InChI=1S/C9H14F2N4O2/c1-12-8-6(17-2)9(15-4-14-8)13-3-5(16)7(10)11/h4-5,7,16H,3H2,1-2H3,(H2,12,13,14,15). The third kappa shape index (κ3) is 3.38. The van der Waals surface area contributed by atoms with Crippen LogP contribution in [0.5, 0.6) is 5.75 Å². The number of anilines is 2. The van der Waals surface area contributed by atoms with E-state index < -0.39 is 12.5 Å². The molecule has 1 unspecified atom stereocenters. The Morgan fingerprint density at radius 1 is 1.41 bits per heavy atom. The normalized spacial score (nSPS) is 12.4. The van der Waals surface area contributed by atoms with E-state index in [2.05, 4.69) is 20.6 Å². The molecular weight excluding hydrogens is 234 g/mol. The number of ether oxygens (including phenoxy) is 1.